The number of nitro groups is 1. The third-order valence-corrected chi connectivity index (χ3v) is 5.58. The highest BCUT2D eigenvalue weighted by molar-refractivity contribution is 7.15. The summed E-state index contributed by atoms with van der Waals surface area (Å²) in [5, 5.41) is 16.4. The molecular weight excluding hydrogens is 386 g/mol. The van der Waals surface area contributed by atoms with E-state index in [0.717, 1.165) is 15.4 Å². The van der Waals surface area contributed by atoms with E-state index in [4.69, 9.17) is 0 Å². The number of benzene rings is 2. The zero-order chi connectivity index (χ0) is 20.4. The van der Waals surface area contributed by atoms with Crippen LogP contribution >= 0.6 is 11.3 Å². The lowest BCUT2D eigenvalue weighted by atomic mass is 10.0. The molecule has 2 heterocycles. The van der Waals surface area contributed by atoms with Gasteiger partial charge < -0.3 is 0 Å². The van der Waals surface area contributed by atoms with Gasteiger partial charge in [0, 0.05) is 34.3 Å². The minimum absolute atomic E-state index is 0.0226. The SMILES string of the molecule is CC(C)c1ccc(-c2ncc(Cn3cnc(-c4cccc([N+](=O)[O-])c4)n3)s2)cc1. The molecule has 0 bridgehead atoms. The van der Waals surface area contributed by atoms with Crippen LogP contribution in [0.1, 0.15) is 30.2 Å². The van der Waals surface area contributed by atoms with Crippen molar-refractivity contribution in [1.82, 2.24) is 19.7 Å². The van der Waals surface area contributed by atoms with Crippen molar-refractivity contribution in [3.63, 3.8) is 0 Å². The number of thiazole rings is 1. The molecule has 0 fully saturated rings. The molecule has 0 N–H and O–H groups in total. The van der Waals surface area contributed by atoms with E-state index >= 15 is 0 Å². The Morgan fingerprint density at radius 2 is 1.90 bits per heavy atom. The molecule has 0 unspecified atom stereocenters. The van der Waals surface area contributed by atoms with Gasteiger partial charge in [-0.15, -0.1) is 11.3 Å². The molecule has 2 aromatic carbocycles. The van der Waals surface area contributed by atoms with E-state index in [1.807, 2.05) is 6.20 Å². The maximum atomic E-state index is 11.0. The quantitative estimate of drug-likeness (QED) is 0.327. The number of non-ortho nitro benzene ring substituents is 1. The van der Waals surface area contributed by atoms with E-state index in [0.29, 0.717) is 23.9 Å². The first-order chi connectivity index (χ1) is 14.0. The van der Waals surface area contributed by atoms with E-state index < -0.39 is 4.92 Å². The lowest BCUT2D eigenvalue weighted by Gasteiger charge is -2.05. The van der Waals surface area contributed by atoms with Crippen LogP contribution in [0.15, 0.2) is 61.1 Å². The van der Waals surface area contributed by atoms with Crippen molar-refractivity contribution in [3.05, 3.63) is 81.6 Å². The van der Waals surface area contributed by atoms with Crippen molar-refractivity contribution in [3.8, 4) is 22.0 Å². The summed E-state index contributed by atoms with van der Waals surface area (Å²) in [5.74, 6) is 0.964. The van der Waals surface area contributed by atoms with E-state index in [2.05, 4.69) is 53.2 Å². The van der Waals surface area contributed by atoms with Gasteiger partial charge in [0.05, 0.1) is 11.5 Å². The second kappa shape index (κ2) is 7.92. The molecule has 0 atom stereocenters. The molecule has 29 heavy (non-hydrogen) atoms. The van der Waals surface area contributed by atoms with Crippen molar-refractivity contribution in [2.24, 2.45) is 0 Å². The largest absolute Gasteiger partial charge is 0.270 e. The van der Waals surface area contributed by atoms with Crippen LogP contribution in [-0.4, -0.2) is 24.7 Å². The highest BCUT2D eigenvalue weighted by atomic mass is 32.1. The van der Waals surface area contributed by atoms with Crippen LogP contribution in [0.25, 0.3) is 22.0 Å². The standard InChI is InChI=1S/C21H19N5O2S/c1-14(2)15-6-8-16(9-7-15)21-22-11-19(29-21)12-25-13-23-20(24-25)17-4-3-5-18(10-17)26(27)28/h3-11,13-14H,12H2,1-2H3. The molecule has 7 nitrogen and oxygen atoms in total. The number of aromatic nitrogens is 4. The molecule has 0 aliphatic rings. The first-order valence-corrected chi connectivity index (χ1v) is 10.0. The summed E-state index contributed by atoms with van der Waals surface area (Å²) < 4.78 is 1.72. The van der Waals surface area contributed by atoms with Gasteiger partial charge in [0.15, 0.2) is 5.82 Å². The summed E-state index contributed by atoms with van der Waals surface area (Å²) in [5.41, 5.74) is 3.05. The van der Waals surface area contributed by atoms with E-state index in [1.54, 1.807) is 34.5 Å². The second-order valence-corrected chi connectivity index (χ2v) is 8.10. The van der Waals surface area contributed by atoms with Crippen LogP contribution in [0.2, 0.25) is 0 Å². The van der Waals surface area contributed by atoms with E-state index in [9.17, 15) is 10.1 Å². The van der Waals surface area contributed by atoms with Crippen molar-refractivity contribution >= 4 is 17.0 Å². The van der Waals surface area contributed by atoms with Crippen molar-refractivity contribution in [2.45, 2.75) is 26.3 Å². The molecule has 8 heteroatoms. The van der Waals surface area contributed by atoms with Crippen LogP contribution in [0.4, 0.5) is 5.69 Å². The first kappa shape index (κ1) is 18.9. The summed E-state index contributed by atoms with van der Waals surface area (Å²) in [6.45, 7) is 4.90. The molecule has 4 rings (SSSR count). The molecule has 0 aliphatic heterocycles. The fourth-order valence-electron chi connectivity index (χ4n) is 2.95. The number of nitro benzene ring substituents is 1. The molecule has 0 aliphatic carbocycles. The van der Waals surface area contributed by atoms with Gasteiger partial charge in [-0.1, -0.05) is 50.2 Å². The van der Waals surface area contributed by atoms with Gasteiger partial charge in [-0.3, -0.25) is 10.1 Å². The number of rotatable bonds is 6. The van der Waals surface area contributed by atoms with Gasteiger partial charge >= 0.3 is 0 Å². The summed E-state index contributed by atoms with van der Waals surface area (Å²) in [6, 6.07) is 14.8. The minimum Gasteiger partial charge on any atom is -0.258 e. The third-order valence-electron chi connectivity index (χ3n) is 4.55. The van der Waals surface area contributed by atoms with Crippen molar-refractivity contribution in [1.29, 1.82) is 0 Å². The smallest absolute Gasteiger partial charge is 0.258 e. The topological polar surface area (TPSA) is 86.7 Å². The maximum Gasteiger partial charge on any atom is 0.270 e. The predicted octanol–water partition coefficient (Wildman–Crippen LogP) is 5.15. The predicted molar refractivity (Wildman–Crippen MR) is 113 cm³/mol. The number of hydrogen-bond acceptors (Lipinski definition) is 6. The molecule has 0 spiro atoms. The summed E-state index contributed by atoms with van der Waals surface area (Å²) in [7, 11) is 0. The lowest BCUT2D eigenvalue weighted by Crippen LogP contribution is -1.98. The Kier molecular flexibility index (Phi) is 5.18. The molecular formula is C21H19N5O2S. The van der Waals surface area contributed by atoms with Crippen LogP contribution in [0, 0.1) is 10.1 Å². The Morgan fingerprint density at radius 3 is 2.62 bits per heavy atom. The van der Waals surface area contributed by atoms with Crippen LogP contribution in [-0.2, 0) is 6.54 Å². The van der Waals surface area contributed by atoms with Crippen LogP contribution in [0.5, 0.6) is 0 Å². The van der Waals surface area contributed by atoms with Crippen LogP contribution in [0.3, 0.4) is 0 Å². The highest BCUT2D eigenvalue weighted by Crippen LogP contribution is 2.27. The first-order valence-electron chi connectivity index (χ1n) is 9.19. The van der Waals surface area contributed by atoms with Gasteiger partial charge in [0.25, 0.3) is 5.69 Å². The highest BCUT2D eigenvalue weighted by Gasteiger charge is 2.12. The van der Waals surface area contributed by atoms with Crippen molar-refractivity contribution < 1.29 is 4.92 Å². The monoisotopic (exact) mass is 405 g/mol. The Balaban J connectivity index is 1.50. The Morgan fingerprint density at radius 1 is 1.10 bits per heavy atom. The Hall–Kier alpha value is -3.39. The van der Waals surface area contributed by atoms with E-state index in [-0.39, 0.29) is 5.69 Å². The molecule has 146 valence electrons. The maximum absolute atomic E-state index is 11.0. The average Bonchev–Trinajstić information content (AvgIpc) is 3.38. The average molecular weight is 405 g/mol. The van der Waals surface area contributed by atoms with Gasteiger partial charge in [-0.2, -0.15) is 5.10 Å². The second-order valence-electron chi connectivity index (χ2n) is 6.98. The summed E-state index contributed by atoms with van der Waals surface area (Å²) in [6.07, 6.45) is 3.48. The molecule has 0 radical (unpaired) electrons. The fourth-order valence-corrected chi connectivity index (χ4v) is 3.86. The van der Waals surface area contributed by atoms with Gasteiger partial charge in [0.2, 0.25) is 0 Å². The summed E-state index contributed by atoms with van der Waals surface area (Å²) in [4.78, 5) is 20.4. The van der Waals surface area contributed by atoms with Crippen molar-refractivity contribution in [2.75, 3.05) is 0 Å². The summed E-state index contributed by atoms with van der Waals surface area (Å²) >= 11 is 1.62. The van der Waals surface area contributed by atoms with Gasteiger partial charge in [0.1, 0.15) is 11.3 Å². The zero-order valence-electron chi connectivity index (χ0n) is 16.0. The molecule has 0 saturated carbocycles. The fraction of sp³-hybridized carbons (Fsp3) is 0.190. The molecule has 0 amide bonds. The number of nitrogens with zero attached hydrogens (tertiary/aromatic N) is 5. The van der Waals surface area contributed by atoms with Crippen LogP contribution < -0.4 is 0 Å². The van der Waals surface area contributed by atoms with Gasteiger partial charge in [-0.25, -0.2) is 14.6 Å². The molecule has 0 saturated heterocycles. The lowest BCUT2D eigenvalue weighted by molar-refractivity contribution is -0.384. The van der Waals surface area contributed by atoms with E-state index in [1.165, 1.54) is 17.7 Å². The zero-order valence-corrected chi connectivity index (χ0v) is 16.8. The third kappa shape index (κ3) is 4.22. The normalized spacial score (nSPS) is 11.1. The molecule has 2 aromatic heterocycles. The molecule has 4 aromatic rings. The Labute approximate surface area is 171 Å². The van der Waals surface area contributed by atoms with Gasteiger partial charge in [-0.05, 0) is 11.5 Å². The Bertz CT molecular complexity index is 1150. The minimum atomic E-state index is -0.424. The number of hydrogen-bond donors (Lipinski definition) is 0.